The van der Waals surface area contributed by atoms with Gasteiger partial charge in [0.15, 0.2) is 0 Å². The molecular weight excluding hydrogens is 336 g/mol. The molecule has 1 aliphatic rings. The Morgan fingerprint density at radius 3 is 2.75 bits per heavy atom. The molecule has 5 heteroatoms. The van der Waals surface area contributed by atoms with Gasteiger partial charge in [-0.3, -0.25) is 4.79 Å². The third-order valence-electron chi connectivity index (χ3n) is 4.49. The van der Waals surface area contributed by atoms with E-state index in [4.69, 9.17) is 0 Å². The second kappa shape index (κ2) is 11.1. The molecule has 2 atom stereocenters. The van der Waals surface area contributed by atoms with Gasteiger partial charge >= 0.3 is 0 Å². The Bertz CT molecular complexity index is 476. The molecule has 2 rings (SSSR count). The van der Waals surface area contributed by atoms with Crippen LogP contribution in [0.25, 0.3) is 0 Å². The molecule has 1 aliphatic heterocycles. The van der Waals surface area contributed by atoms with Crippen LogP contribution < -0.4 is 5.32 Å². The number of hydrogen-bond donors (Lipinski definition) is 1. The smallest absolute Gasteiger partial charge is 0.220 e. The number of amides is 1. The van der Waals surface area contributed by atoms with Gasteiger partial charge in [-0.2, -0.15) is 0 Å². The summed E-state index contributed by atoms with van der Waals surface area (Å²) in [6, 6.07) is 10.8. The van der Waals surface area contributed by atoms with E-state index < -0.39 is 0 Å². The van der Waals surface area contributed by atoms with Crippen molar-refractivity contribution in [1.29, 1.82) is 0 Å². The van der Waals surface area contributed by atoms with Crippen molar-refractivity contribution < 1.29 is 4.79 Å². The van der Waals surface area contributed by atoms with E-state index in [0.29, 0.717) is 12.5 Å². The molecule has 0 spiro atoms. The number of nitrogens with one attached hydrogen (secondary N) is 1. The lowest BCUT2D eigenvalue weighted by molar-refractivity contribution is -0.121. The van der Waals surface area contributed by atoms with E-state index in [0.717, 1.165) is 24.6 Å². The van der Waals surface area contributed by atoms with E-state index in [1.165, 1.54) is 30.6 Å². The Hall–Kier alpha value is -0.650. The SMILES string of the molecule is CN(C)C(CNC(=O)CCCCC1CCSS1)Cc1ccccc1. The molecule has 1 amide bonds. The fraction of sp³-hybridized carbons (Fsp3) is 0.632. The number of likely N-dealkylation sites (N-methyl/N-ethyl adjacent to an activating group) is 1. The molecule has 1 aromatic carbocycles. The summed E-state index contributed by atoms with van der Waals surface area (Å²) in [6.07, 6.45) is 6.41. The lowest BCUT2D eigenvalue weighted by Crippen LogP contribution is -2.41. The van der Waals surface area contributed by atoms with E-state index in [1.807, 2.05) is 27.7 Å². The molecule has 0 aromatic heterocycles. The van der Waals surface area contributed by atoms with E-state index in [9.17, 15) is 4.79 Å². The fourth-order valence-electron chi connectivity index (χ4n) is 2.87. The van der Waals surface area contributed by atoms with Crippen molar-refractivity contribution in [1.82, 2.24) is 10.2 Å². The zero-order valence-corrected chi connectivity index (χ0v) is 16.5. The largest absolute Gasteiger partial charge is 0.355 e. The van der Waals surface area contributed by atoms with Gasteiger partial charge in [0.05, 0.1) is 0 Å². The maximum atomic E-state index is 12.1. The molecule has 134 valence electrons. The van der Waals surface area contributed by atoms with Gasteiger partial charge in [-0.15, -0.1) is 0 Å². The van der Waals surface area contributed by atoms with Gasteiger partial charge < -0.3 is 10.2 Å². The first-order valence-corrected chi connectivity index (χ1v) is 11.3. The molecule has 0 radical (unpaired) electrons. The maximum absolute atomic E-state index is 12.1. The van der Waals surface area contributed by atoms with Crippen LogP contribution in [0.15, 0.2) is 30.3 Å². The molecule has 1 heterocycles. The van der Waals surface area contributed by atoms with E-state index >= 15 is 0 Å². The van der Waals surface area contributed by atoms with Gasteiger partial charge in [0.1, 0.15) is 0 Å². The summed E-state index contributed by atoms with van der Waals surface area (Å²) in [5.41, 5.74) is 1.32. The molecule has 0 saturated carbocycles. The number of hydrogen-bond acceptors (Lipinski definition) is 4. The molecule has 1 saturated heterocycles. The Morgan fingerprint density at radius 2 is 2.08 bits per heavy atom. The average Bonchev–Trinajstić information content (AvgIpc) is 3.09. The highest BCUT2D eigenvalue weighted by Crippen LogP contribution is 2.39. The van der Waals surface area contributed by atoms with Gasteiger partial charge in [-0.05, 0) is 45.3 Å². The van der Waals surface area contributed by atoms with Crippen molar-refractivity contribution in [3.63, 3.8) is 0 Å². The standard InChI is InChI=1S/C19H30N2OS2/c1-21(2)17(14-16-8-4-3-5-9-16)15-20-19(22)11-7-6-10-18-12-13-23-24-18/h3-5,8-9,17-18H,6-7,10-15H2,1-2H3,(H,20,22). The quantitative estimate of drug-likeness (QED) is 0.501. The van der Waals surface area contributed by atoms with E-state index in [1.54, 1.807) is 0 Å². The predicted molar refractivity (Wildman–Crippen MR) is 108 cm³/mol. The first-order valence-electron chi connectivity index (χ1n) is 8.90. The van der Waals surface area contributed by atoms with Crippen LogP contribution in [0, 0.1) is 0 Å². The second-order valence-electron chi connectivity index (χ2n) is 6.69. The first kappa shape index (κ1) is 19.7. The highest BCUT2D eigenvalue weighted by molar-refractivity contribution is 8.77. The van der Waals surface area contributed by atoms with E-state index in [2.05, 4.69) is 48.6 Å². The summed E-state index contributed by atoms with van der Waals surface area (Å²) >= 11 is 0. The van der Waals surface area contributed by atoms with Crippen molar-refractivity contribution >= 4 is 27.5 Å². The number of rotatable bonds is 10. The molecular formula is C19H30N2OS2. The summed E-state index contributed by atoms with van der Waals surface area (Å²) < 4.78 is 0. The van der Waals surface area contributed by atoms with Gasteiger partial charge in [-0.25, -0.2) is 0 Å². The lowest BCUT2D eigenvalue weighted by atomic mass is 10.0. The molecule has 24 heavy (non-hydrogen) atoms. The Labute approximate surface area is 154 Å². The van der Waals surface area contributed by atoms with Crippen LogP contribution in [0.4, 0.5) is 0 Å². The van der Waals surface area contributed by atoms with Crippen LogP contribution in [-0.2, 0) is 11.2 Å². The van der Waals surface area contributed by atoms with Gasteiger partial charge in [-0.1, -0.05) is 58.3 Å². The summed E-state index contributed by atoms with van der Waals surface area (Å²) in [4.78, 5) is 14.3. The second-order valence-corrected chi connectivity index (χ2v) is 9.47. The fourth-order valence-corrected chi connectivity index (χ4v) is 5.89. The zero-order valence-electron chi connectivity index (χ0n) is 14.9. The third kappa shape index (κ3) is 7.49. The number of carbonyl (C=O) groups excluding carboxylic acids is 1. The normalized spacial score (nSPS) is 18.7. The minimum absolute atomic E-state index is 0.198. The van der Waals surface area contributed by atoms with Crippen molar-refractivity contribution in [3.05, 3.63) is 35.9 Å². The summed E-state index contributed by atoms with van der Waals surface area (Å²) in [5.74, 6) is 1.49. The topological polar surface area (TPSA) is 32.3 Å². The number of carbonyl (C=O) groups is 1. The molecule has 0 bridgehead atoms. The lowest BCUT2D eigenvalue weighted by Gasteiger charge is -2.24. The van der Waals surface area contributed by atoms with Gasteiger partial charge in [0.2, 0.25) is 5.91 Å². The van der Waals surface area contributed by atoms with Crippen LogP contribution in [0.2, 0.25) is 0 Å². The van der Waals surface area contributed by atoms with Crippen molar-refractivity contribution in [2.45, 2.75) is 49.8 Å². The molecule has 3 nitrogen and oxygen atoms in total. The minimum atomic E-state index is 0.198. The van der Waals surface area contributed by atoms with E-state index in [-0.39, 0.29) is 5.91 Å². The van der Waals surface area contributed by atoms with Gasteiger partial charge in [0, 0.05) is 30.0 Å². The number of benzene rings is 1. The molecule has 1 fully saturated rings. The van der Waals surface area contributed by atoms with Crippen LogP contribution in [-0.4, -0.2) is 48.5 Å². The first-order chi connectivity index (χ1) is 11.6. The van der Waals surface area contributed by atoms with Crippen LogP contribution in [0.1, 0.15) is 37.7 Å². The predicted octanol–water partition coefficient (Wildman–Crippen LogP) is 3.99. The number of nitrogens with zero attached hydrogens (tertiary/aromatic N) is 1. The summed E-state index contributed by atoms with van der Waals surface area (Å²) in [7, 11) is 8.18. The van der Waals surface area contributed by atoms with Crippen LogP contribution in [0.3, 0.4) is 0 Å². The average molecular weight is 367 g/mol. The van der Waals surface area contributed by atoms with Crippen molar-refractivity contribution in [2.24, 2.45) is 0 Å². The minimum Gasteiger partial charge on any atom is -0.355 e. The van der Waals surface area contributed by atoms with Gasteiger partial charge in [0.25, 0.3) is 0 Å². The highest BCUT2D eigenvalue weighted by atomic mass is 33.1. The molecule has 1 aromatic rings. The van der Waals surface area contributed by atoms with Crippen molar-refractivity contribution in [2.75, 3.05) is 26.4 Å². The van der Waals surface area contributed by atoms with Crippen LogP contribution >= 0.6 is 21.6 Å². The monoisotopic (exact) mass is 366 g/mol. The highest BCUT2D eigenvalue weighted by Gasteiger charge is 2.16. The zero-order chi connectivity index (χ0) is 17.2. The molecule has 0 aliphatic carbocycles. The summed E-state index contributed by atoms with van der Waals surface area (Å²) in [6.45, 7) is 0.718. The Morgan fingerprint density at radius 1 is 1.29 bits per heavy atom. The Balaban J connectivity index is 1.62. The number of unbranched alkanes of at least 4 members (excludes halogenated alkanes) is 1. The summed E-state index contributed by atoms with van der Waals surface area (Å²) in [5, 5.41) is 3.94. The van der Waals surface area contributed by atoms with Crippen LogP contribution in [0.5, 0.6) is 0 Å². The molecule has 1 N–H and O–H groups in total. The van der Waals surface area contributed by atoms with Crippen molar-refractivity contribution in [3.8, 4) is 0 Å². The maximum Gasteiger partial charge on any atom is 0.220 e. The third-order valence-corrected chi connectivity index (χ3v) is 7.49. The molecule has 2 unspecified atom stereocenters. The Kier molecular flexibility index (Phi) is 9.07.